The molecule has 1 aromatic carbocycles. The van der Waals surface area contributed by atoms with Gasteiger partial charge in [0.25, 0.3) is 0 Å². The number of carbonyl (C=O) groups excluding carboxylic acids is 3. The minimum atomic E-state index is -1.19. The van der Waals surface area contributed by atoms with Crippen molar-refractivity contribution in [2.75, 3.05) is 12.3 Å². The summed E-state index contributed by atoms with van der Waals surface area (Å²) in [5.74, 6) is -1.77. The van der Waals surface area contributed by atoms with Crippen LogP contribution >= 0.6 is 27.7 Å². The van der Waals surface area contributed by atoms with Gasteiger partial charge in [-0.25, -0.2) is 0 Å². The largest absolute Gasteiger partial charge is 0.480 e. The number of carboxylic acids is 1. The first-order chi connectivity index (χ1) is 16.2. The highest BCUT2D eigenvalue weighted by Crippen LogP contribution is 2.20. The maximum atomic E-state index is 12.7. The Morgan fingerprint density at radius 1 is 1.15 bits per heavy atom. The lowest BCUT2D eigenvalue weighted by atomic mass is 9.98. The lowest BCUT2D eigenvalue weighted by Gasteiger charge is -2.22. The molecule has 34 heavy (non-hydrogen) atoms. The van der Waals surface area contributed by atoms with Gasteiger partial charge in [-0.1, -0.05) is 34.5 Å². The van der Waals surface area contributed by atoms with Crippen LogP contribution in [0.25, 0.3) is 0 Å². The molecule has 1 aliphatic carbocycles. The van der Waals surface area contributed by atoms with E-state index in [9.17, 15) is 19.2 Å². The maximum absolute atomic E-state index is 12.7. The van der Waals surface area contributed by atoms with E-state index >= 15 is 0 Å². The molecule has 2 atom stereocenters. The molecule has 1 saturated carbocycles. The van der Waals surface area contributed by atoms with Gasteiger partial charge in [0.15, 0.2) is 0 Å². The number of carboxylic acid groups (broad SMARTS) is 1. The summed E-state index contributed by atoms with van der Waals surface area (Å²) in [4.78, 5) is 48.0. The monoisotopic (exact) mass is 557 g/mol. The molecule has 11 heteroatoms. The van der Waals surface area contributed by atoms with Gasteiger partial charge >= 0.3 is 11.9 Å². The number of esters is 1. The molecule has 0 heterocycles. The van der Waals surface area contributed by atoms with E-state index in [-0.39, 0.29) is 31.2 Å². The molecule has 0 radical (unpaired) electrons. The Bertz CT molecular complexity index is 832. The van der Waals surface area contributed by atoms with Crippen molar-refractivity contribution in [2.24, 2.45) is 5.73 Å². The molecule has 0 aromatic heterocycles. The van der Waals surface area contributed by atoms with E-state index in [4.69, 9.17) is 15.6 Å². The van der Waals surface area contributed by atoms with Crippen LogP contribution in [-0.2, 0) is 29.7 Å². The molecule has 188 valence electrons. The van der Waals surface area contributed by atoms with Gasteiger partial charge in [-0.2, -0.15) is 11.8 Å². The molecule has 2 unspecified atom stereocenters. The van der Waals surface area contributed by atoms with Crippen LogP contribution in [0.5, 0.6) is 0 Å². The van der Waals surface area contributed by atoms with Gasteiger partial charge < -0.3 is 26.2 Å². The minimum Gasteiger partial charge on any atom is -0.480 e. The Hall–Kier alpha value is -2.11. The molecule has 0 bridgehead atoms. The molecule has 1 aliphatic rings. The Morgan fingerprint density at radius 3 is 2.47 bits per heavy atom. The molecule has 2 rings (SSSR count). The third kappa shape index (κ3) is 10.9. The number of thioether (sulfide) groups is 1. The highest BCUT2D eigenvalue weighted by molar-refractivity contribution is 9.10. The standard InChI is InChI=1S/C23H32BrN3O6S/c24-16-8-6-15(7-9-16)13-34-14-19(27-20(28)11-10-18(25)23(31)32)22(30)26-12-21(29)33-17-4-2-1-3-5-17/h6-9,17-19H,1-5,10-14,25H2,(H,26,30)(H,27,28)(H,31,32). The molecule has 5 N–H and O–H groups in total. The number of nitrogens with two attached hydrogens (primary N) is 1. The second-order valence-electron chi connectivity index (χ2n) is 8.21. The number of halogens is 1. The molecular weight excluding hydrogens is 526 g/mol. The minimum absolute atomic E-state index is 0.0464. The number of hydrogen-bond acceptors (Lipinski definition) is 7. The van der Waals surface area contributed by atoms with Gasteiger partial charge in [-0.3, -0.25) is 19.2 Å². The number of ether oxygens (including phenoxy) is 1. The molecule has 0 saturated heterocycles. The summed E-state index contributed by atoms with van der Waals surface area (Å²) in [6.07, 6.45) is 4.59. The predicted octanol–water partition coefficient (Wildman–Crippen LogP) is 2.35. The summed E-state index contributed by atoms with van der Waals surface area (Å²) in [6, 6.07) is 5.71. The fraction of sp³-hybridized carbons (Fsp3) is 0.565. The summed E-state index contributed by atoms with van der Waals surface area (Å²) < 4.78 is 6.38. The van der Waals surface area contributed by atoms with Gasteiger partial charge in [0.2, 0.25) is 11.8 Å². The Balaban J connectivity index is 1.87. The number of hydrogen-bond donors (Lipinski definition) is 4. The van der Waals surface area contributed by atoms with E-state index in [1.807, 2.05) is 24.3 Å². The van der Waals surface area contributed by atoms with Crippen molar-refractivity contribution in [3.05, 3.63) is 34.3 Å². The topological polar surface area (TPSA) is 148 Å². The van der Waals surface area contributed by atoms with Crippen LogP contribution in [0.3, 0.4) is 0 Å². The smallest absolute Gasteiger partial charge is 0.325 e. The molecule has 0 aliphatic heterocycles. The van der Waals surface area contributed by atoms with Crippen molar-refractivity contribution < 1.29 is 29.0 Å². The Morgan fingerprint density at radius 2 is 1.82 bits per heavy atom. The third-order valence-corrected chi connectivity index (χ3v) is 7.01. The van der Waals surface area contributed by atoms with Crippen molar-refractivity contribution in [1.82, 2.24) is 10.6 Å². The lowest BCUT2D eigenvalue weighted by Crippen LogP contribution is -2.49. The summed E-state index contributed by atoms with van der Waals surface area (Å²) >= 11 is 4.84. The molecule has 2 amide bonds. The van der Waals surface area contributed by atoms with Crippen LogP contribution in [0, 0.1) is 0 Å². The summed E-state index contributed by atoms with van der Waals surface area (Å²) in [7, 11) is 0. The van der Waals surface area contributed by atoms with E-state index in [0.29, 0.717) is 5.75 Å². The lowest BCUT2D eigenvalue weighted by molar-refractivity contribution is -0.150. The number of benzene rings is 1. The zero-order valence-electron chi connectivity index (χ0n) is 19.0. The molecule has 0 spiro atoms. The van der Waals surface area contributed by atoms with E-state index < -0.39 is 35.8 Å². The number of amides is 2. The van der Waals surface area contributed by atoms with E-state index in [0.717, 1.165) is 42.1 Å². The van der Waals surface area contributed by atoms with Crippen molar-refractivity contribution >= 4 is 51.4 Å². The van der Waals surface area contributed by atoms with Crippen molar-refractivity contribution in [3.63, 3.8) is 0 Å². The van der Waals surface area contributed by atoms with E-state index in [1.54, 1.807) is 0 Å². The van der Waals surface area contributed by atoms with Crippen molar-refractivity contribution in [3.8, 4) is 0 Å². The fourth-order valence-corrected chi connectivity index (χ4v) is 4.71. The zero-order valence-corrected chi connectivity index (χ0v) is 21.4. The molecule has 1 aromatic rings. The number of aliphatic carboxylic acids is 1. The van der Waals surface area contributed by atoms with Gasteiger partial charge in [-0.05, 0) is 49.8 Å². The van der Waals surface area contributed by atoms with Crippen LogP contribution in [0.1, 0.15) is 50.5 Å². The maximum Gasteiger partial charge on any atom is 0.325 e. The number of carbonyl (C=O) groups is 4. The normalized spacial score (nSPS) is 15.7. The predicted molar refractivity (Wildman–Crippen MR) is 133 cm³/mol. The Labute approximate surface area is 212 Å². The zero-order chi connectivity index (χ0) is 24.9. The Kier molecular flexibility index (Phi) is 12.4. The average molecular weight is 558 g/mol. The van der Waals surface area contributed by atoms with Crippen LogP contribution < -0.4 is 16.4 Å². The number of rotatable bonds is 13. The average Bonchev–Trinajstić information content (AvgIpc) is 2.82. The van der Waals surface area contributed by atoms with Crippen molar-refractivity contribution in [1.29, 1.82) is 0 Å². The van der Waals surface area contributed by atoms with Gasteiger partial charge in [0, 0.05) is 22.4 Å². The highest BCUT2D eigenvalue weighted by Gasteiger charge is 2.24. The van der Waals surface area contributed by atoms with Crippen LogP contribution in [0.4, 0.5) is 0 Å². The third-order valence-electron chi connectivity index (χ3n) is 5.38. The van der Waals surface area contributed by atoms with Crippen molar-refractivity contribution in [2.45, 2.75) is 68.9 Å². The molecular formula is C23H32BrN3O6S. The highest BCUT2D eigenvalue weighted by atomic mass is 79.9. The first-order valence-electron chi connectivity index (χ1n) is 11.3. The van der Waals surface area contributed by atoms with Crippen LogP contribution in [0.2, 0.25) is 0 Å². The van der Waals surface area contributed by atoms with Crippen LogP contribution in [-0.4, -0.2) is 59.3 Å². The van der Waals surface area contributed by atoms with E-state index in [2.05, 4.69) is 26.6 Å². The summed E-state index contributed by atoms with van der Waals surface area (Å²) in [5, 5.41) is 14.1. The SMILES string of the molecule is NC(CCC(=O)NC(CSCc1ccc(Br)cc1)C(=O)NCC(=O)OC1CCCCC1)C(=O)O. The number of nitrogens with one attached hydrogen (secondary N) is 2. The first-order valence-corrected chi connectivity index (χ1v) is 13.3. The van der Waals surface area contributed by atoms with Gasteiger partial charge in [0.05, 0.1) is 0 Å². The quantitative estimate of drug-likeness (QED) is 0.270. The second-order valence-corrected chi connectivity index (χ2v) is 10.2. The first kappa shape index (κ1) is 28.1. The molecule has 1 fully saturated rings. The van der Waals surface area contributed by atoms with Gasteiger partial charge in [-0.15, -0.1) is 0 Å². The molecule has 9 nitrogen and oxygen atoms in total. The summed E-state index contributed by atoms with van der Waals surface area (Å²) in [5.41, 5.74) is 6.51. The summed E-state index contributed by atoms with van der Waals surface area (Å²) in [6.45, 7) is -0.275. The van der Waals surface area contributed by atoms with Gasteiger partial charge in [0.1, 0.15) is 24.7 Å². The second kappa shape index (κ2) is 15.0. The van der Waals surface area contributed by atoms with E-state index in [1.165, 1.54) is 11.8 Å². The van der Waals surface area contributed by atoms with Crippen LogP contribution in [0.15, 0.2) is 28.7 Å². The fourth-order valence-electron chi connectivity index (χ4n) is 3.43.